The molecule has 0 fully saturated rings. The Balaban J connectivity index is 0.00000120. The second-order valence-corrected chi connectivity index (χ2v) is 4.61. The molecule has 0 bridgehead atoms. The molecule has 0 aliphatic rings. The fourth-order valence-corrected chi connectivity index (χ4v) is 2.83. The molecule has 3 N–H and O–H groups in total. The average Bonchev–Trinajstić information content (AvgIpc) is 2.70. The summed E-state index contributed by atoms with van der Waals surface area (Å²) in [6.07, 6.45) is 1.73. The van der Waals surface area contributed by atoms with Crippen molar-refractivity contribution in [3.8, 4) is 11.5 Å². The Morgan fingerprint density at radius 3 is 2.83 bits per heavy atom. The molecule has 0 amide bonds. The number of phenolic OH excluding ortho intramolecular Hbond substituents is 1. The highest BCUT2D eigenvalue weighted by atomic mass is 32.1. The van der Waals surface area contributed by atoms with E-state index >= 15 is 0 Å². The van der Waals surface area contributed by atoms with Crippen molar-refractivity contribution >= 4 is 38.0 Å². The van der Waals surface area contributed by atoms with E-state index in [2.05, 4.69) is 4.98 Å². The average molecular weight is 262 g/mol. The fourth-order valence-electron chi connectivity index (χ4n) is 1.87. The van der Waals surface area contributed by atoms with Crippen molar-refractivity contribution in [2.45, 2.75) is 7.43 Å². The number of aromatic nitrogens is 1. The minimum Gasteiger partial charge on any atom is -0.504 e. The topological polar surface area (TPSA) is 68.4 Å². The summed E-state index contributed by atoms with van der Waals surface area (Å²) >= 11 is 1.57. The van der Waals surface area contributed by atoms with Crippen molar-refractivity contribution in [1.29, 1.82) is 0 Å². The molecule has 0 aliphatic carbocycles. The number of nitrogens with two attached hydrogens (primary N) is 1. The van der Waals surface area contributed by atoms with E-state index < -0.39 is 0 Å². The van der Waals surface area contributed by atoms with Crippen LogP contribution in [0, 0.1) is 0 Å². The third-order valence-corrected chi connectivity index (χ3v) is 3.78. The molecule has 3 aromatic rings. The molecule has 18 heavy (non-hydrogen) atoms. The molecular weight excluding hydrogens is 248 g/mol. The first-order valence-corrected chi connectivity index (χ1v) is 5.91. The van der Waals surface area contributed by atoms with Crippen LogP contribution in [-0.4, -0.2) is 17.2 Å². The minimum atomic E-state index is 0. The number of hydrogen-bond donors (Lipinski definition) is 2. The second-order valence-electron chi connectivity index (χ2n) is 3.73. The number of ether oxygens (including phenoxy) is 1. The lowest BCUT2D eigenvalue weighted by Crippen LogP contribution is -1.87. The standard InChI is InChI=1S/C12H10N2O2S.CH4/c1-16-11-2-6-9(3-10(11)15)14-4-7-8(13)5-17-12(6)7;/h2-5,15H,13H2,1H3;1H4. The molecule has 0 radical (unpaired) electrons. The summed E-state index contributed by atoms with van der Waals surface area (Å²) in [5.41, 5.74) is 7.32. The first-order chi connectivity index (χ1) is 8.20. The highest BCUT2D eigenvalue weighted by molar-refractivity contribution is 7.18. The number of methoxy groups -OCH3 is 1. The van der Waals surface area contributed by atoms with E-state index in [1.807, 2.05) is 5.38 Å². The summed E-state index contributed by atoms with van der Waals surface area (Å²) in [4.78, 5) is 4.29. The smallest absolute Gasteiger partial charge is 0.161 e. The number of benzene rings is 1. The van der Waals surface area contributed by atoms with Crippen LogP contribution in [-0.2, 0) is 0 Å². The number of aromatic hydroxyl groups is 1. The zero-order chi connectivity index (χ0) is 12.0. The molecule has 5 heteroatoms. The predicted octanol–water partition coefficient (Wildman–Crippen LogP) is 3.38. The molecule has 2 heterocycles. The highest BCUT2D eigenvalue weighted by Crippen LogP contribution is 2.37. The molecule has 0 saturated carbocycles. The Bertz CT molecular complexity index is 722. The van der Waals surface area contributed by atoms with Gasteiger partial charge >= 0.3 is 0 Å². The van der Waals surface area contributed by atoms with Gasteiger partial charge in [-0.25, -0.2) is 0 Å². The summed E-state index contributed by atoms with van der Waals surface area (Å²) in [5, 5.41) is 13.5. The Morgan fingerprint density at radius 1 is 1.33 bits per heavy atom. The summed E-state index contributed by atoms with van der Waals surface area (Å²) in [6, 6.07) is 3.39. The van der Waals surface area contributed by atoms with Gasteiger partial charge in [-0.2, -0.15) is 0 Å². The molecule has 2 aromatic heterocycles. The predicted molar refractivity (Wildman–Crippen MR) is 76.5 cm³/mol. The molecule has 0 aliphatic heterocycles. The SMILES string of the molecule is C.COc1cc2c(cc1O)ncc1c(N)csc12. The molecule has 1 aromatic carbocycles. The van der Waals surface area contributed by atoms with Gasteiger partial charge in [0.1, 0.15) is 0 Å². The summed E-state index contributed by atoms with van der Waals surface area (Å²) in [6.45, 7) is 0. The monoisotopic (exact) mass is 262 g/mol. The first-order valence-electron chi connectivity index (χ1n) is 5.03. The molecule has 4 nitrogen and oxygen atoms in total. The van der Waals surface area contributed by atoms with Gasteiger partial charge in [-0.1, -0.05) is 7.43 Å². The maximum atomic E-state index is 9.70. The van der Waals surface area contributed by atoms with E-state index in [1.54, 1.807) is 29.7 Å². The lowest BCUT2D eigenvalue weighted by Gasteiger charge is -2.05. The molecule has 0 unspecified atom stereocenters. The zero-order valence-corrected chi connectivity index (χ0v) is 9.91. The Hall–Kier alpha value is -2.01. The number of fused-ring (bicyclic) bond motifs is 3. The van der Waals surface area contributed by atoms with Gasteiger partial charge in [0, 0.05) is 33.1 Å². The van der Waals surface area contributed by atoms with Gasteiger partial charge in [0.15, 0.2) is 11.5 Å². The zero-order valence-electron chi connectivity index (χ0n) is 9.10. The number of nitrogen functional groups attached to an aromatic ring is 1. The van der Waals surface area contributed by atoms with Crippen LogP contribution < -0.4 is 10.5 Å². The fraction of sp³-hybridized carbons (Fsp3) is 0.154. The number of thiophene rings is 1. The van der Waals surface area contributed by atoms with E-state index in [0.29, 0.717) is 5.75 Å². The van der Waals surface area contributed by atoms with Crippen LogP contribution in [0.5, 0.6) is 11.5 Å². The number of rotatable bonds is 1. The van der Waals surface area contributed by atoms with Crippen LogP contribution in [0.3, 0.4) is 0 Å². The van der Waals surface area contributed by atoms with E-state index in [-0.39, 0.29) is 13.2 Å². The van der Waals surface area contributed by atoms with Gasteiger partial charge in [0.2, 0.25) is 0 Å². The number of nitrogens with zero attached hydrogens (tertiary/aromatic N) is 1. The minimum absolute atomic E-state index is 0. The number of phenols is 1. The van der Waals surface area contributed by atoms with Gasteiger partial charge in [0.25, 0.3) is 0 Å². The van der Waals surface area contributed by atoms with Crippen LogP contribution >= 0.6 is 11.3 Å². The van der Waals surface area contributed by atoms with Crippen molar-refractivity contribution < 1.29 is 9.84 Å². The van der Waals surface area contributed by atoms with E-state index in [0.717, 1.165) is 26.7 Å². The third kappa shape index (κ3) is 1.64. The van der Waals surface area contributed by atoms with Crippen LogP contribution in [0.4, 0.5) is 5.69 Å². The Kier molecular flexibility index (Phi) is 3.00. The van der Waals surface area contributed by atoms with Gasteiger partial charge in [0.05, 0.1) is 18.3 Å². The molecular formula is C13H14N2O2S. The number of hydrogen-bond acceptors (Lipinski definition) is 5. The Labute approximate surface area is 109 Å². The quantitative estimate of drug-likeness (QED) is 0.705. The second kappa shape index (κ2) is 4.34. The van der Waals surface area contributed by atoms with E-state index in [1.165, 1.54) is 7.11 Å². The molecule has 0 saturated heterocycles. The van der Waals surface area contributed by atoms with Crippen molar-refractivity contribution in [2.24, 2.45) is 0 Å². The lowest BCUT2D eigenvalue weighted by atomic mass is 10.1. The van der Waals surface area contributed by atoms with Crippen molar-refractivity contribution in [3.63, 3.8) is 0 Å². The van der Waals surface area contributed by atoms with E-state index in [4.69, 9.17) is 10.5 Å². The van der Waals surface area contributed by atoms with Crippen LogP contribution in [0.25, 0.3) is 21.0 Å². The first kappa shape index (κ1) is 12.4. The molecule has 3 rings (SSSR count). The molecule has 0 spiro atoms. The Morgan fingerprint density at radius 2 is 2.11 bits per heavy atom. The van der Waals surface area contributed by atoms with Crippen LogP contribution in [0.1, 0.15) is 7.43 Å². The normalized spacial score (nSPS) is 10.5. The van der Waals surface area contributed by atoms with Gasteiger partial charge in [-0.3, -0.25) is 4.98 Å². The maximum Gasteiger partial charge on any atom is 0.161 e. The lowest BCUT2D eigenvalue weighted by molar-refractivity contribution is 0.374. The number of pyridine rings is 1. The largest absolute Gasteiger partial charge is 0.504 e. The van der Waals surface area contributed by atoms with Gasteiger partial charge in [-0.05, 0) is 6.07 Å². The van der Waals surface area contributed by atoms with Crippen molar-refractivity contribution in [1.82, 2.24) is 4.98 Å². The van der Waals surface area contributed by atoms with Gasteiger partial charge in [-0.15, -0.1) is 11.3 Å². The van der Waals surface area contributed by atoms with Crippen LogP contribution in [0.15, 0.2) is 23.7 Å². The van der Waals surface area contributed by atoms with Gasteiger partial charge < -0.3 is 15.6 Å². The van der Waals surface area contributed by atoms with E-state index in [9.17, 15) is 5.11 Å². The number of anilines is 1. The summed E-state index contributed by atoms with van der Waals surface area (Å²) in [5.74, 6) is 0.537. The third-order valence-electron chi connectivity index (χ3n) is 2.73. The summed E-state index contributed by atoms with van der Waals surface area (Å²) in [7, 11) is 1.53. The molecule has 94 valence electrons. The maximum absolute atomic E-state index is 9.70. The summed E-state index contributed by atoms with van der Waals surface area (Å²) < 4.78 is 6.17. The molecule has 0 atom stereocenters. The van der Waals surface area contributed by atoms with Crippen LogP contribution in [0.2, 0.25) is 0 Å². The van der Waals surface area contributed by atoms with Crippen molar-refractivity contribution in [3.05, 3.63) is 23.7 Å². The highest BCUT2D eigenvalue weighted by Gasteiger charge is 2.10. The van der Waals surface area contributed by atoms with Crippen molar-refractivity contribution in [2.75, 3.05) is 12.8 Å².